The Labute approximate surface area is 171 Å². The highest BCUT2D eigenvalue weighted by molar-refractivity contribution is 7.13. The van der Waals surface area contributed by atoms with E-state index < -0.39 is 5.97 Å². The maximum Gasteiger partial charge on any atom is 0.358 e. The van der Waals surface area contributed by atoms with E-state index >= 15 is 0 Å². The Kier molecular flexibility index (Phi) is 5.62. The van der Waals surface area contributed by atoms with Crippen LogP contribution in [0.15, 0.2) is 66.4 Å². The fraction of sp³-hybridized carbons (Fsp3) is 0.143. The van der Waals surface area contributed by atoms with Gasteiger partial charge in [0.25, 0.3) is 0 Å². The lowest BCUT2D eigenvalue weighted by Crippen LogP contribution is -2.05. The first-order chi connectivity index (χ1) is 14.2. The second-order valence-electron chi connectivity index (χ2n) is 6.27. The van der Waals surface area contributed by atoms with E-state index in [2.05, 4.69) is 15.1 Å². The Hall–Kier alpha value is -3.52. The summed E-state index contributed by atoms with van der Waals surface area (Å²) in [6, 6.07) is 13.1. The van der Waals surface area contributed by atoms with E-state index in [1.807, 2.05) is 55.7 Å². The number of benzene rings is 1. The van der Waals surface area contributed by atoms with Crippen LogP contribution in [0.3, 0.4) is 0 Å². The molecule has 0 atom stereocenters. The summed E-state index contributed by atoms with van der Waals surface area (Å²) in [5, 5.41) is 6.54. The number of nitrogens with zero attached hydrogens (tertiary/aromatic N) is 4. The van der Waals surface area contributed by atoms with Gasteiger partial charge >= 0.3 is 5.97 Å². The number of hydrogen-bond donors (Lipinski definition) is 0. The van der Waals surface area contributed by atoms with E-state index in [9.17, 15) is 4.79 Å². The first-order valence-corrected chi connectivity index (χ1v) is 9.79. The fourth-order valence-electron chi connectivity index (χ4n) is 2.58. The molecule has 4 aromatic rings. The van der Waals surface area contributed by atoms with E-state index in [1.165, 1.54) is 11.3 Å². The average molecular weight is 406 g/mol. The first-order valence-electron chi connectivity index (χ1n) is 8.91. The van der Waals surface area contributed by atoms with Gasteiger partial charge in [0, 0.05) is 30.4 Å². The van der Waals surface area contributed by atoms with Gasteiger partial charge in [0.1, 0.15) is 24.0 Å². The molecule has 0 saturated heterocycles. The lowest BCUT2D eigenvalue weighted by Gasteiger charge is -2.07. The third-order valence-corrected chi connectivity index (χ3v) is 4.96. The molecule has 0 aliphatic carbocycles. The highest BCUT2D eigenvalue weighted by Gasteiger charge is 2.14. The number of esters is 1. The van der Waals surface area contributed by atoms with Gasteiger partial charge < -0.3 is 9.47 Å². The monoisotopic (exact) mass is 406 g/mol. The van der Waals surface area contributed by atoms with Crippen molar-refractivity contribution in [2.24, 2.45) is 7.05 Å². The van der Waals surface area contributed by atoms with Gasteiger partial charge in [0.2, 0.25) is 0 Å². The Balaban J connectivity index is 1.29. The fourth-order valence-corrected chi connectivity index (χ4v) is 3.34. The molecule has 0 aliphatic heterocycles. The van der Waals surface area contributed by atoms with Gasteiger partial charge in [-0.3, -0.25) is 9.67 Å². The standard InChI is InChI=1S/C21H18N4O3S/c1-25-11-16(10-23-25)20-24-19(14-29-20)21(26)28-12-15-5-7-18(8-6-15)27-13-17-4-2-3-9-22-17/h2-11,14H,12-13H2,1H3. The number of thiazole rings is 1. The molecule has 29 heavy (non-hydrogen) atoms. The lowest BCUT2D eigenvalue weighted by molar-refractivity contribution is 0.0467. The normalized spacial score (nSPS) is 10.7. The van der Waals surface area contributed by atoms with Crippen molar-refractivity contribution < 1.29 is 14.3 Å². The topological polar surface area (TPSA) is 79.1 Å². The number of ether oxygens (including phenoxy) is 2. The van der Waals surface area contributed by atoms with Crippen molar-refractivity contribution in [3.05, 3.63) is 83.4 Å². The number of carbonyl (C=O) groups is 1. The van der Waals surface area contributed by atoms with Crippen LogP contribution < -0.4 is 4.74 Å². The SMILES string of the molecule is Cn1cc(-c2nc(C(=O)OCc3ccc(OCc4ccccn4)cc3)cs2)cn1. The van der Waals surface area contributed by atoms with Crippen LogP contribution in [0.4, 0.5) is 0 Å². The van der Waals surface area contributed by atoms with E-state index in [1.54, 1.807) is 22.5 Å². The summed E-state index contributed by atoms with van der Waals surface area (Å²) in [6.07, 6.45) is 5.30. The van der Waals surface area contributed by atoms with Crippen molar-refractivity contribution in [3.8, 4) is 16.3 Å². The summed E-state index contributed by atoms with van der Waals surface area (Å²) in [7, 11) is 1.83. The van der Waals surface area contributed by atoms with Crippen LogP contribution in [0.2, 0.25) is 0 Å². The van der Waals surface area contributed by atoms with Crippen LogP contribution in [0.5, 0.6) is 5.75 Å². The number of aromatic nitrogens is 4. The summed E-state index contributed by atoms with van der Waals surface area (Å²) in [5.74, 6) is 0.276. The molecule has 0 spiro atoms. The van der Waals surface area contributed by atoms with Crippen molar-refractivity contribution >= 4 is 17.3 Å². The predicted octanol–water partition coefficient (Wildman–Crippen LogP) is 3.87. The molecule has 0 bridgehead atoms. The van der Waals surface area contributed by atoms with Gasteiger partial charge in [0.15, 0.2) is 5.69 Å². The van der Waals surface area contributed by atoms with Crippen LogP contribution in [0, 0.1) is 0 Å². The molecular formula is C21H18N4O3S. The first kappa shape index (κ1) is 18.8. The minimum Gasteiger partial charge on any atom is -0.487 e. The van der Waals surface area contributed by atoms with Crippen molar-refractivity contribution in [1.29, 1.82) is 0 Å². The summed E-state index contributed by atoms with van der Waals surface area (Å²) in [4.78, 5) is 20.8. The summed E-state index contributed by atoms with van der Waals surface area (Å²) >= 11 is 1.38. The molecule has 1 aromatic carbocycles. The molecule has 4 rings (SSSR count). The third-order valence-electron chi connectivity index (χ3n) is 4.07. The maximum atomic E-state index is 12.3. The molecular weight excluding hydrogens is 388 g/mol. The van der Waals surface area contributed by atoms with Crippen molar-refractivity contribution in [2.45, 2.75) is 13.2 Å². The smallest absolute Gasteiger partial charge is 0.358 e. The maximum absolute atomic E-state index is 12.3. The van der Waals surface area contributed by atoms with Crippen LogP contribution >= 0.6 is 11.3 Å². The van der Waals surface area contributed by atoms with Crippen LogP contribution in [0.1, 0.15) is 21.7 Å². The molecule has 8 heteroatoms. The molecule has 146 valence electrons. The number of rotatable bonds is 7. The molecule has 0 radical (unpaired) electrons. The number of hydrogen-bond acceptors (Lipinski definition) is 7. The van der Waals surface area contributed by atoms with Gasteiger partial charge in [-0.25, -0.2) is 9.78 Å². The minimum atomic E-state index is -0.452. The van der Waals surface area contributed by atoms with Gasteiger partial charge in [-0.05, 0) is 29.8 Å². The van der Waals surface area contributed by atoms with Crippen molar-refractivity contribution in [1.82, 2.24) is 19.7 Å². The van der Waals surface area contributed by atoms with Crippen LogP contribution in [-0.4, -0.2) is 25.7 Å². The molecule has 3 heterocycles. The zero-order valence-electron chi connectivity index (χ0n) is 15.7. The highest BCUT2D eigenvalue weighted by atomic mass is 32.1. The Bertz CT molecular complexity index is 1090. The molecule has 0 saturated carbocycles. The molecule has 0 unspecified atom stereocenters. The van der Waals surface area contributed by atoms with Crippen LogP contribution in [0.25, 0.3) is 10.6 Å². The third kappa shape index (κ3) is 4.85. The Morgan fingerprint density at radius 3 is 2.72 bits per heavy atom. The zero-order valence-corrected chi connectivity index (χ0v) is 16.5. The highest BCUT2D eigenvalue weighted by Crippen LogP contribution is 2.23. The van der Waals surface area contributed by atoms with E-state index in [-0.39, 0.29) is 6.61 Å². The summed E-state index contributed by atoms with van der Waals surface area (Å²) in [5.41, 5.74) is 2.90. The van der Waals surface area contributed by atoms with E-state index in [4.69, 9.17) is 9.47 Å². The summed E-state index contributed by atoms with van der Waals surface area (Å²) < 4.78 is 12.8. The van der Waals surface area contributed by atoms with Gasteiger partial charge in [-0.1, -0.05) is 18.2 Å². The van der Waals surface area contributed by atoms with E-state index in [0.29, 0.717) is 12.3 Å². The van der Waals surface area contributed by atoms with Gasteiger partial charge in [0.05, 0.1) is 11.9 Å². The zero-order chi connectivity index (χ0) is 20.1. The minimum absolute atomic E-state index is 0.166. The molecule has 0 N–H and O–H groups in total. The van der Waals surface area contributed by atoms with Gasteiger partial charge in [-0.15, -0.1) is 11.3 Å². The number of aryl methyl sites for hydroxylation is 1. The predicted molar refractivity (Wildman–Crippen MR) is 108 cm³/mol. The summed E-state index contributed by atoms with van der Waals surface area (Å²) in [6.45, 7) is 0.567. The van der Waals surface area contributed by atoms with Crippen LogP contribution in [-0.2, 0) is 25.0 Å². The lowest BCUT2D eigenvalue weighted by atomic mass is 10.2. The molecule has 3 aromatic heterocycles. The largest absolute Gasteiger partial charge is 0.487 e. The second-order valence-corrected chi connectivity index (χ2v) is 7.13. The molecule has 7 nitrogen and oxygen atoms in total. The molecule has 0 amide bonds. The Morgan fingerprint density at radius 2 is 2.00 bits per heavy atom. The second kappa shape index (κ2) is 8.66. The number of carbonyl (C=O) groups excluding carboxylic acids is 1. The number of pyridine rings is 1. The Morgan fingerprint density at radius 1 is 1.14 bits per heavy atom. The quantitative estimate of drug-likeness (QED) is 0.434. The van der Waals surface area contributed by atoms with Crippen molar-refractivity contribution in [2.75, 3.05) is 0 Å². The van der Waals surface area contributed by atoms with Gasteiger partial charge in [-0.2, -0.15) is 5.10 Å². The molecule has 0 aliphatic rings. The van der Waals surface area contributed by atoms with E-state index in [0.717, 1.165) is 27.6 Å². The molecule has 0 fully saturated rings. The average Bonchev–Trinajstić information content (AvgIpc) is 3.41. The van der Waals surface area contributed by atoms with Crippen molar-refractivity contribution in [3.63, 3.8) is 0 Å².